The number of halogens is 1. The van der Waals surface area contributed by atoms with E-state index in [9.17, 15) is 0 Å². The Morgan fingerprint density at radius 2 is 2.11 bits per heavy atom. The molecule has 1 aliphatic carbocycles. The van der Waals surface area contributed by atoms with Crippen molar-refractivity contribution in [2.45, 2.75) is 25.7 Å². The Balaban J connectivity index is 2.06. The minimum atomic E-state index is 0.552. The van der Waals surface area contributed by atoms with E-state index in [-0.39, 0.29) is 0 Å². The topological polar surface area (TPSA) is 30.5 Å². The van der Waals surface area contributed by atoms with E-state index in [1.165, 1.54) is 18.4 Å². The van der Waals surface area contributed by atoms with Gasteiger partial charge in [0.05, 0.1) is 19.2 Å². The van der Waals surface area contributed by atoms with Gasteiger partial charge in [-0.2, -0.15) is 0 Å². The first-order valence-electron chi connectivity index (χ1n) is 6.84. The summed E-state index contributed by atoms with van der Waals surface area (Å²) in [5.41, 5.74) is 1.18. The van der Waals surface area contributed by atoms with Crippen molar-refractivity contribution in [1.82, 2.24) is 5.32 Å². The zero-order chi connectivity index (χ0) is 13.8. The summed E-state index contributed by atoms with van der Waals surface area (Å²) in [6.45, 7) is 4.34. The molecule has 0 saturated heterocycles. The molecule has 1 saturated carbocycles. The molecule has 0 aliphatic heterocycles. The normalized spacial score (nSPS) is 21.3. The fraction of sp³-hybridized carbons (Fsp3) is 0.600. The van der Waals surface area contributed by atoms with Crippen molar-refractivity contribution in [3.63, 3.8) is 0 Å². The van der Waals surface area contributed by atoms with Gasteiger partial charge in [0.25, 0.3) is 0 Å². The second-order valence-electron chi connectivity index (χ2n) is 5.01. The smallest absolute Gasteiger partial charge is 0.179 e. The Morgan fingerprint density at radius 3 is 2.74 bits per heavy atom. The number of methoxy groups -OCH3 is 2. The Kier molecular flexibility index (Phi) is 4.94. The molecule has 0 spiro atoms. The van der Waals surface area contributed by atoms with Crippen LogP contribution >= 0.6 is 11.6 Å². The number of ether oxygens (including phenoxy) is 2. The van der Waals surface area contributed by atoms with Gasteiger partial charge in [-0.05, 0) is 49.4 Å². The molecule has 2 unspecified atom stereocenters. The van der Waals surface area contributed by atoms with Crippen molar-refractivity contribution < 1.29 is 9.47 Å². The van der Waals surface area contributed by atoms with E-state index >= 15 is 0 Å². The predicted molar refractivity (Wildman–Crippen MR) is 78.6 cm³/mol. The minimum Gasteiger partial charge on any atom is -0.493 e. The fourth-order valence-electron chi connectivity index (χ4n) is 2.51. The quantitative estimate of drug-likeness (QED) is 0.778. The molecule has 1 fully saturated rings. The van der Waals surface area contributed by atoms with Crippen molar-refractivity contribution in [3.8, 4) is 11.5 Å². The number of benzene rings is 1. The zero-order valence-electron chi connectivity index (χ0n) is 11.8. The number of hydrogen-bond acceptors (Lipinski definition) is 3. The van der Waals surface area contributed by atoms with Crippen LogP contribution in [0.4, 0.5) is 0 Å². The second-order valence-corrected chi connectivity index (χ2v) is 5.39. The maximum absolute atomic E-state index is 6.43. The molecule has 0 amide bonds. The van der Waals surface area contributed by atoms with Crippen LogP contribution in [0.1, 0.15) is 31.2 Å². The molecule has 1 N–H and O–H groups in total. The van der Waals surface area contributed by atoms with Gasteiger partial charge in [-0.25, -0.2) is 0 Å². The molecule has 1 aromatic carbocycles. The van der Waals surface area contributed by atoms with Crippen LogP contribution in [-0.4, -0.2) is 27.3 Å². The summed E-state index contributed by atoms with van der Waals surface area (Å²) in [7, 11) is 3.25. The summed E-state index contributed by atoms with van der Waals surface area (Å²) in [4.78, 5) is 0. The Labute approximate surface area is 120 Å². The lowest BCUT2D eigenvalue weighted by molar-refractivity contribution is 0.354. The van der Waals surface area contributed by atoms with Gasteiger partial charge in [-0.3, -0.25) is 0 Å². The van der Waals surface area contributed by atoms with E-state index in [1.807, 2.05) is 6.07 Å². The maximum atomic E-state index is 6.43. The molecule has 2 atom stereocenters. The van der Waals surface area contributed by atoms with Crippen LogP contribution in [0.25, 0.3) is 0 Å². The first-order chi connectivity index (χ1) is 9.22. The minimum absolute atomic E-state index is 0.552. The number of hydrogen-bond donors (Lipinski definition) is 1. The van der Waals surface area contributed by atoms with Gasteiger partial charge in [0.2, 0.25) is 0 Å². The largest absolute Gasteiger partial charge is 0.493 e. The predicted octanol–water partition coefficient (Wildman–Crippen LogP) is 3.46. The fourth-order valence-corrected chi connectivity index (χ4v) is 2.88. The molecule has 1 aromatic rings. The average molecular weight is 284 g/mol. The van der Waals surface area contributed by atoms with Gasteiger partial charge in [-0.1, -0.05) is 24.6 Å². The molecule has 2 rings (SSSR count). The SMILES string of the molecule is CCCNCC1CC1c1ccc(OC)c(OC)c1Cl. The maximum Gasteiger partial charge on any atom is 0.179 e. The first-order valence-corrected chi connectivity index (χ1v) is 7.21. The monoisotopic (exact) mass is 283 g/mol. The Bertz CT molecular complexity index is 436. The molecule has 0 heterocycles. The van der Waals surface area contributed by atoms with Gasteiger partial charge in [0.15, 0.2) is 11.5 Å². The molecule has 4 heteroatoms. The van der Waals surface area contributed by atoms with E-state index in [0.29, 0.717) is 28.4 Å². The van der Waals surface area contributed by atoms with E-state index in [0.717, 1.165) is 13.1 Å². The highest BCUT2D eigenvalue weighted by Crippen LogP contribution is 2.52. The van der Waals surface area contributed by atoms with E-state index < -0.39 is 0 Å². The highest BCUT2D eigenvalue weighted by Gasteiger charge is 2.39. The van der Waals surface area contributed by atoms with Crippen LogP contribution in [0.5, 0.6) is 11.5 Å². The molecule has 3 nitrogen and oxygen atoms in total. The number of nitrogens with one attached hydrogen (secondary N) is 1. The molecule has 0 bridgehead atoms. The van der Waals surface area contributed by atoms with Gasteiger partial charge in [0.1, 0.15) is 0 Å². The van der Waals surface area contributed by atoms with Gasteiger partial charge in [-0.15, -0.1) is 0 Å². The lowest BCUT2D eigenvalue weighted by Crippen LogP contribution is -2.17. The van der Waals surface area contributed by atoms with Crippen LogP contribution in [0, 0.1) is 5.92 Å². The summed E-state index contributed by atoms with van der Waals surface area (Å²) < 4.78 is 10.6. The van der Waals surface area contributed by atoms with Crippen molar-refractivity contribution in [2.24, 2.45) is 5.92 Å². The first kappa shape index (κ1) is 14.5. The molecule has 0 radical (unpaired) electrons. The van der Waals surface area contributed by atoms with Gasteiger partial charge in [0, 0.05) is 0 Å². The third-order valence-electron chi connectivity index (χ3n) is 3.67. The summed E-state index contributed by atoms with van der Waals surface area (Å²) in [5, 5.41) is 4.17. The summed E-state index contributed by atoms with van der Waals surface area (Å²) in [6, 6.07) is 4.00. The molecular formula is C15H22ClNO2. The lowest BCUT2D eigenvalue weighted by Gasteiger charge is -2.12. The summed E-state index contributed by atoms with van der Waals surface area (Å²) in [6.07, 6.45) is 2.38. The van der Waals surface area contributed by atoms with Gasteiger partial charge >= 0.3 is 0 Å². The van der Waals surface area contributed by atoms with Crippen LogP contribution in [0.2, 0.25) is 5.02 Å². The summed E-state index contributed by atoms with van der Waals surface area (Å²) >= 11 is 6.43. The third-order valence-corrected chi connectivity index (χ3v) is 4.06. The highest BCUT2D eigenvalue weighted by molar-refractivity contribution is 6.33. The lowest BCUT2D eigenvalue weighted by atomic mass is 10.1. The zero-order valence-corrected chi connectivity index (χ0v) is 12.6. The molecule has 1 aliphatic rings. The molecule has 106 valence electrons. The number of rotatable bonds is 7. The van der Waals surface area contributed by atoms with Crippen LogP contribution in [0.3, 0.4) is 0 Å². The van der Waals surface area contributed by atoms with Crippen LogP contribution in [0.15, 0.2) is 12.1 Å². The standard InChI is InChI=1S/C15H22ClNO2/c1-4-7-17-9-10-8-12(10)11-5-6-13(18-2)15(19-3)14(11)16/h5-6,10,12,17H,4,7-9H2,1-3H3. The van der Waals surface area contributed by atoms with Crippen molar-refractivity contribution >= 4 is 11.6 Å². The summed E-state index contributed by atoms with van der Waals surface area (Å²) in [5.74, 6) is 2.59. The van der Waals surface area contributed by atoms with E-state index in [1.54, 1.807) is 14.2 Å². The Morgan fingerprint density at radius 1 is 1.32 bits per heavy atom. The molecular weight excluding hydrogens is 262 g/mol. The van der Waals surface area contributed by atoms with Crippen LogP contribution < -0.4 is 14.8 Å². The highest BCUT2D eigenvalue weighted by atomic mass is 35.5. The average Bonchev–Trinajstić information content (AvgIpc) is 3.18. The van der Waals surface area contributed by atoms with E-state index in [2.05, 4.69) is 18.3 Å². The van der Waals surface area contributed by atoms with E-state index in [4.69, 9.17) is 21.1 Å². The molecule has 19 heavy (non-hydrogen) atoms. The van der Waals surface area contributed by atoms with Crippen molar-refractivity contribution in [3.05, 3.63) is 22.7 Å². The van der Waals surface area contributed by atoms with Crippen molar-refractivity contribution in [1.29, 1.82) is 0 Å². The Hall–Kier alpha value is -0.930. The van der Waals surface area contributed by atoms with Crippen LogP contribution in [-0.2, 0) is 0 Å². The second kappa shape index (κ2) is 6.49. The van der Waals surface area contributed by atoms with Crippen molar-refractivity contribution in [2.75, 3.05) is 27.3 Å². The third kappa shape index (κ3) is 3.15. The molecule has 0 aromatic heterocycles. The van der Waals surface area contributed by atoms with Gasteiger partial charge < -0.3 is 14.8 Å².